The Bertz CT molecular complexity index is 1010. The lowest BCUT2D eigenvalue weighted by Crippen LogP contribution is -2.35. The molecule has 1 N–H and O–H groups in total. The summed E-state index contributed by atoms with van der Waals surface area (Å²) in [6.07, 6.45) is -0.718. The van der Waals surface area contributed by atoms with E-state index in [1.54, 1.807) is 23.9 Å². The van der Waals surface area contributed by atoms with Crippen LogP contribution < -0.4 is 5.43 Å². The van der Waals surface area contributed by atoms with Gasteiger partial charge >= 0.3 is 6.18 Å². The molecule has 10 heteroatoms. The number of hydrogen-bond acceptors (Lipinski definition) is 7. The fourth-order valence-corrected chi connectivity index (χ4v) is 5.92. The standard InChI is InChI=1S/C22H26F3N5OS/c1-14-18(31-13-26-14)19-27-28-20(29(19)2)32-9-3-8-30-11-17-10-21(17,12-30)15-4-6-16(7-5-15)22(23,24)25/h4-7,13,17,20,28H,3,8-12H2,1-2H3/t17-,20?,21+/m0/s1. The average Bonchev–Trinajstić information content (AvgIpc) is 3.05. The number of amidine groups is 1. The number of thioether (sulfide) groups is 1. The number of nitrogens with one attached hydrogen (secondary N) is 1. The van der Waals surface area contributed by atoms with Crippen LogP contribution in [0.15, 0.2) is 40.2 Å². The fourth-order valence-electron chi connectivity index (χ4n) is 4.95. The maximum absolute atomic E-state index is 12.9. The van der Waals surface area contributed by atoms with E-state index in [-0.39, 0.29) is 10.9 Å². The summed E-state index contributed by atoms with van der Waals surface area (Å²) >= 11 is 1.80. The molecule has 0 radical (unpaired) electrons. The molecule has 5 rings (SSSR count). The van der Waals surface area contributed by atoms with Crippen molar-refractivity contribution in [1.29, 1.82) is 0 Å². The first-order valence-electron chi connectivity index (χ1n) is 10.8. The molecule has 2 fully saturated rings. The van der Waals surface area contributed by atoms with Crippen molar-refractivity contribution >= 4 is 17.6 Å². The third-order valence-electron chi connectivity index (χ3n) is 6.81. The van der Waals surface area contributed by atoms with Gasteiger partial charge in [0.1, 0.15) is 0 Å². The normalized spacial score (nSPS) is 27.4. The van der Waals surface area contributed by atoms with E-state index in [0.29, 0.717) is 11.7 Å². The smallest absolute Gasteiger partial charge is 0.416 e. The number of likely N-dealkylation sites (tertiary alicyclic amines) is 1. The van der Waals surface area contributed by atoms with Crippen LogP contribution in [0.4, 0.5) is 13.2 Å². The van der Waals surface area contributed by atoms with Gasteiger partial charge < -0.3 is 14.2 Å². The number of halogens is 3. The van der Waals surface area contributed by atoms with Crippen molar-refractivity contribution in [2.45, 2.75) is 36.9 Å². The Morgan fingerprint density at radius 1 is 1.28 bits per heavy atom. The molecule has 1 aliphatic carbocycles. The zero-order valence-corrected chi connectivity index (χ0v) is 18.8. The van der Waals surface area contributed by atoms with Gasteiger partial charge in [-0.2, -0.15) is 18.3 Å². The number of oxazole rings is 1. The second kappa shape index (κ2) is 7.98. The van der Waals surface area contributed by atoms with Gasteiger partial charge in [-0.3, -0.25) is 5.43 Å². The van der Waals surface area contributed by atoms with E-state index in [9.17, 15) is 13.2 Å². The van der Waals surface area contributed by atoms with Crippen molar-refractivity contribution in [2.75, 3.05) is 32.4 Å². The van der Waals surface area contributed by atoms with Gasteiger partial charge in [-0.1, -0.05) is 12.1 Å². The SMILES string of the molecule is Cc1ncoc1C1=NNC(SCCCN2C[C@@H]3C[C@]3(c3ccc(C(F)(F)F)cc3)C2)N1C. The highest BCUT2D eigenvalue weighted by molar-refractivity contribution is 7.99. The van der Waals surface area contributed by atoms with E-state index in [2.05, 4.69) is 25.3 Å². The van der Waals surface area contributed by atoms with Gasteiger partial charge in [0.15, 0.2) is 23.5 Å². The van der Waals surface area contributed by atoms with Crippen LogP contribution in [0.2, 0.25) is 0 Å². The highest BCUT2D eigenvalue weighted by atomic mass is 32.2. The lowest BCUT2D eigenvalue weighted by atomic mass is 9.94. The Kier molecular flexibility index (Phi) is 5.40. The number of aryl methyl sites for hydroxylation is 1. The van der Waals surface area contributed by atoms with Crippen LogP contribution in [0, 0.1) is 12.8 Å². The van der Waals surface area contributed by atoms with Gasteiger partial charge in [0.05, 0.1) is 11.3 Å². The molecule has 2 aromatic rings. The highest BCUT2D eigenvalue weighted by Crippen LogP contribution is 2.59. The molecule has 1 saturated carbocycles. The van der Waals surface area contributed by atoms with Gasteiger partial charge in [-0.15, -0.1) is 11.8 Å². The summed E-state index contributed by atoms with van der Waals surface area (Å²) in [5.74, 6) is 2.99. The van der Waals surface area contributed by atoms with E-state index in [1.807, 2.05) is 14.0 Å². The number of piperidine rings is 1. The Morgan fingerprint density at radius 3 is 2.75 bits per heavy atom. The molecule has 172 valence electrons. The minimum atomic E-state index is -4.28. The van der Waals surface area contributed by atoms with Crippen molar-refractivity contribution in [1.82, 2.24) is 20.2 Å². The Hall–Kier alpha value is -2.20. The van der Waals surface area contributed by atoms with Crippen LogP contribution in [-0.2, 0) is 11.6 Å². The van der Waals surface area contributed by atoms with Crippen LogP contribution in [0.25, 0.3) is 0 Å². The van der Waals surface area contributed by atoms with Gasteiger partial charge in [-0.25, -0.2) is 4.98 Å². The molecule has 1 aromatic heterocycles. The average molecular weight is 466 g/mol. The van der Waals surface area contributed by atoms with Gasteiger partial charge in [0.2, 0.25) is 0 Å². The van der Waals surface area contributed by atoms with Gasteiger partial charge in [-0.05, 0) is 55.7 Å². The predicted molar refractivity (Wildman–Crippen MR) is 117 cm³/mol. The van der Waals surface area contributed by atoms with E-state index in [4.69, 9.17) is 4.42 Å². The van der Waals surface area contributed by atoms with Crippen LogP contribution in [-0.4, -0.2) is 58.6 Å². The molecule has 1 unspecified atom stereocenters. The largest absolute Gasteiger partial charge is 0.440 e. The summed E-state index contributed by atoms with van der Waals surface area (Å²) in [6, 6.07) is 5.80. The van der Waals surface area contributed by atoms with Gasteiger partial charge in [0, 0.05) is 25.6 Å². The van der Waals surface area contributed by atoms with E-state index in [1.165, 1.54) is 18.5 Å². The number of fused-ring (bicyclic) bond motifs is 1. The number of aromatic nitrogens is 1. The zero-order valence-electron chi connectivity index (χ0n) is 18.0. The quantitative estimate of drug-likeness (QED) is 0.627. The minimum Gasteiger partial charge on any atom is -0.440 e. The molecule has 3 aliphatic rings. The molecular formula is C22H26F3N5OS. The lowest BCUT2D eigenvalue weighted by Gasteiger charge is -2.23. The summed E-state index contributed by atoms with van der Waals surface area (Å²) in [6.45, 7) is 4.86. The van der Waals surface area contributed by atoms with E-state index < -0.39 is 11.7 Å². The van der Waals surface area contributed by atoms with Crippen LogP contribution >= 0.6 is 11.8 Å². The number of benzene rings is 1. The number of rotatable bonds is 7. The molecule has 6 nitrogen and oxygen atoms in total. The Balaban J connectivity index is 1.08. The number of alkyl halides is 3. The van der Waals surface area contributed by atoms with Crippen LogP contribution in [0.1, 0.15) is 35.4 Å². The number of hydrazone groups is 1. The molecule has 2 aliphatic heterocycles. The first kappa shape index (κ1) is 21.6. The first-order valence-corrected chi connectivity index (χ1v) is 11.8. The Morgan fingerprint density at radius 2 is 2.06 bits per heavy atom. The third kappa shape index (κ3) is 3.87. The number of nitrogens with zero attached hydrogens (tertiary/aromatic N) is 4. The van der Waals surface area contributed by atoms with Crippen LogP contribution in [0.5, 0.6) is 0 Å². The zero-order chi connectivity index (χ0) is 22.5. The van der Waals surface area contributed by atoms with Crippen molar-refractivity contribution in [3.05, 3.63) is 53.2 Å². The second-order valence-corrected chi connectivity index (χ2v) is 10.1. The number of hydrogen-bond donors (Lipinski definition) is 1. The van der Waals surface area contributed by atoms with Crippen LogP contribution in [0.3, 0.4) is 0 Å². The molecule has 1 saturated heterocycles. The first-order chi connectivity index (χ1) is 15.3. The summed E-state index contributed by atoms with van der Waals surface area (Å²) in [4.78, 5) is 8.64. The molecular weight excluding hydrogens is 439 g/mol. The summed E-state index contributed by atoms with van der Waals surface area (Å²) < 4.78 is 44.0. The molecule has 32 heavy (non-hydrogen) atoms. The summed E-state index contributed by atoms with van der Waals surface area (Å²) in [7, 11) is 1.99. The van der Waals surface area contributed by atoms with Crippen molar-refractivity contribution in [3.63, 3.8) is 0 Å². The van der Waals surface area contributed by atoms with Crippen molar-refractivity contribution in [2.24, 2.45) is 11.0 Å². The Labute approximate surface area is 189 Å². The van der Waals surface area contributed by atoms with E-state index >= 15 is 0 Å². The second-order valence-electron chi connectivity index (χ2n) is 8.89. The van der Waals surface area contributed by atoms with E-state index in [0.717, 1.165) is 55.3 Å². The lowest BCUT2D eigenvalue weighted by molar-refractivity contribution is -0.137. The molecule has 3 atom stereocenters. The maximum Gasteiger partial charge on any atom is 0.416 e. The predicted octanol–water partition coefficient (Wildman–Crippen LogP) is 3.88. The molecule has 3 heterocycles. The van der Waals surface area contributed by atoms with Crippen molar-refractivity contribution in [3.8, 4) is 0 Å². The fraction of sp³-hybridized carbons (Fsp3) is 0.545. The monoisotopic (exact) mass is 465 g/mol. The third-order valence-corrected chi connectivity index (χ3v) is 8.07. The van der Waals surface area contributed by atoms with Gasteiger partial charge in [0.25, 0.3) is 0 Å². The molecule has 0 spiro atoms. The molecule has 0 amide bonds. The summed E-state index contributed by atoms with van der Waals surface area (Å²) in [5, 5.41) is 4.39. The minimum absolute atomic E-state index is 0.0555. The maximum atomic E-state index is 12.9. The molecule has 0 bridgehead atoms. The topological polar surface area (TPSA) is 56.9 Å². The highest BCUT2D eigenvalue weighted by Gasteiger charge is 2.60. The summed E-state index contributed by atoms with van der Waals surface area (Å²) in [5.41, 5.74) is 4.56. The molecule has 1 aromatic carbocycles. The van der Waals surface area contributed by atoms with Crippen molar-refractivity contribution < 1.29 is 17.6 Å².